The third kappa shape index (κ3) is 6.16. The molecule has 0 aromatic heterocycles. The number of rotatable bonds is 5. The molecule has 1 aromatic carbocycles. The van der Waals surface area contributed by atoms with E-state index in [2.05, 4.69) is 4.90 Å². The molecule has 1 saturated carbocycles. The van der Waals surface area contributed by atoms with Crippen molar-refractivity contribution in [2.75, 3.05) is 26.7 Å². The van der Waals surface area contributed by atoms with Crippen molar-refractivity contribution in [2.45, 2.75) is 63.5 Å². The van der Waals surface area contributed by atoms with Crippen LogP contribution in [0.5, 0.6) is 5.75 Å². The minimum absolute atomic E-state index is 0. The highest BCUT2D eigenvalue weighted by Gasteiger charge is 2.34. The zero-order valence-corrected chi connectivity index (χ0v) is 18.9. The standard InChI is InChI=1S/C21H30Cl2N2O2.ClH/c1-24(21(26)15-27-16-10-11-17(22)18(23)14-16)19-8-4-5-9-20(19)25-12-6-2-3-7-13-25;/h10-11,14,19-20H,2-9,12-13,15H2,1H3;1H/t19-,20-;/m1./s1. The van der Waals surface area contributed by atoms with Gasteiger partial charge in [0.2, 0.25) is 0 Å². The molecule has 0 N–H and O–H groups in total. The SMILES string of the molecule is CN(C(=O)COc1ccc(Cl)c(Cl)c1)[C@@H]1CCCC[C@H]1N1CCCCCC1.Cl. The maximum Gasteiger partial charge on any atom is 0.260 e. The smallest absolute Gasteiger partial charge is 0.260 e. The summed E-state index contributed by atoms with van der Waals surface area (Å²) in [4.78, 5) is 17.3. The molecule has 3 rings (SSSR count). The van der Waals surface area contributed by atoms with Crippen LogP contribution in [0.1, 0.15) is 51.4 Å². The summed E-state index contributed by atoms with van der Waals surface area (Å²) in [6.07, 6.45) is 9.95. The van der Waals surface area contributed by atoms with Crippen molar-refractivity contribution in [1.29, 1.82) is 0 Å². The van der Waals surface area contributed by atoms with E-state index in [1.54, 1.807) is 18.2 Å². The highest BCUT2D eigenvalue weighted by Crippen LogP contribution is 2.29. The summed E-state index contributed by atoms with van der Waals surface area (Å²) >= 11 is 11.9. The minimum atomic E-state index is 0. The van der Waals surface area contributed by atoms with Gasteiger partial charge in [-0.25, -0.2) is 0 Å². The number of likely N-dealkylation sites (tertiary alicyclic amines) is 1. The van der Waals surface area contributed by atoms with Crippen LogP contribution in [0.25, 0.3) is 0 Å². The fraction of sp³-hybridized carbons (Fsp3) is 0.667. The largest absolute Gasteiger partial charge is 0.484 e. The Morgan fingerprint density at radius 1 is 1.07 bits per heavy atom. The molecule has 1 aliphatic carbocycles. The lowest BCUT2D eigenvalue weighted by molar-refractivity contribution is -0.136. The van der Waals surface area contributed by atoms with E-state index in [1.807, 2.05) is 11.9 Å². The van der Waals surface area contributed by atoms with Gasteiger partial charge in [-0.05, 0) is 50.9 Å². The van der Waals surface area contributed by atoms with Gasteiger partial charge < -0.3 is 9.64 Å². The van der Waals surface area contributed by atoms with Gasteiger partial charge in [-0.2, -0.15) is 0 Å². The van der Waals surface area contributed by atoms with Gasteiger partial charge in [0.05, 0.1) is 10.0 Å². The number of ether oxygens (including phenoxy) is 1. The molecule has 2 fully saturated rings. The van der Waals surface area contributed by atoms with E-state index in [4.69, 9.17) is 27.9 Å². The van der Waals surface area contributed by atoms with Gasteiger partial charge in [-0.15, -0.1) is 12.4 Å². The van der Waals surface area contributed by atoms with Crippen LogP contribution in [-0.4, -0.2) is 54.5 Å². The molecule has 4 nitrogen and oxygen atoms in total. The van der Waals surface area contributed by atoms with Gasteiger partial charge in [-0.3, -0.25) is 9.69 Å². The van der Waals surface area contributed by atoms with Crippen LogP contribution >= 0.6 is 35.6 Å². The van der Waals surface area contributed by atoms with Crippen LogP contribution in [0.15, 0.2) is 18.2 Å². The summed E-state index contributed by atoms with van der Waals surface area (Å²) in [7, 11) is 1.93. The van der Waals surface area contributed by atoms with Crippen LogP contribution < -0.4 is 4.74 Å². The van der Waals surface area contributed by atoms with Gasteiger partial charge in [-0.1, -0.05) is 48.9 Å². The molecule has 0 spiro atoms. The fourth-order valence-electron chi connectivity index (χ4n) is 4.39. The molecule has 158 valence electrons. The van der Waals surface area contributed by atoms with E-state index in [-0.39, 0.29) is 31.0 Å². The Morgan fingerprint density at radius 3 is 2.43 bits per heavy atom. The summed E-state index contributed by atoms with van der Waals surface area (Å²) in [5.74, 6) is 0.589. The maximum absolute atomic E-state index is 12.8. The van der Waals surface area contributed by atoms with E-state index in [0.29, 0.717) is 21.8 Å². The Hall–Kier alpha value is -0.680. The quantitative estimate of drug-likeness (QED) is 0.600. The lowest BCUT2D eigenvalue weighted by Crippen LogP contribution is -2.54. The number of carbonyl (C=O) groups is 1. The van der Waals surface area contributed by atoms with Gasteiger partial charge in [0.25, 0.3) is 5.91 Å². The Kier molecular flexibility index (Phi) is 9.68. The molecule has 1 aliphatic heterocycles. The monoisotopic (exact) mass is 448 g/mol. The third-order valence-corrected chi connectivity index (χ3v) is 6.69. The highest BCUT2D eigenvalue weighted by atomic mass is 35.5. The number of nitrogens with zero attached hydrogens (tertiary/aromatic N) is 2. The number of hydrogen-bond acceptors (Lipinski definition) is 3. The summed E-state index contributed by atoms with van der Waals surface area (Å²) in [6, 6.07) is 5.83. The molecule has 1 saturated heterocycles. The normalized spacial score (nSPS) is 23.4. The lowest BCUT2D eigenvalue weighted by Gasteiger charge is -2.43. The highest BCUT2D eigenvalue weighted by molar-refractivity contribution is 6.42. The number of benzene rings is 1. The predicted molar refractivity (Wildman–Crippen MR) is 118 cm³/mol. The summed E-state index contributed by atoms with van der Waals surface area (Å²) < 4.78 is 5.67. The molecular weight excluding hydrogens is 419 g/mol. The van der Waals surface area contributed by atoms with Crippen molar-refractivity contribution in [2.24, 2.45) is 0 Å². The topological polar surface area (TPSA) is 32.8 Å². The van der Waals surface area contributed by atoms with E-state index < -0.39 is 0 Å². The summed E-state index contributed by atoms with van der Waals surface area (Å²) in [5, 5.41) is 0.915. The molecule has 0 unspecified atom stereocenters. The number of amides is 1. The third-order valence-electron chi connectivity index (χ3n) is 5.95. The Morgan fingerprint density at radius 2 is 1.75 bits per heavy atom. The molecule has 0 radical (unpaired) electrons. The number of likely N-dealkylation sites (N-methyl/N-ethyl adjacent to an activating group) is 1. The summed E-state index contributed by atoms with van der Waals surface area (Å²) in [6.45, 7) is 2.36. The van der Waals surface area contributed by atoms with Gasteiger partial charge in [0, 0.05) is 25.2 Å². The number of hydrogen-bond donors (Lipinski definition) is 0. The second-order valence-corrected chi connectivity index (χ2v) is 8.55. The first-order valence-electron chi connectivity index (χ1n) is 10.1. The van der Waals surface area contributed by atoms with E-state index in [9.17, 15) is 4.79 Å². The molecule has 1 heterocycles. The van der Waals surface area contributed by atoms with E-state index >= 15 is 0 Å². The van der Waals surface area contributed by atoms with Crippen molar-refractivity contribution in [3.8, 4) is 5.75 Å². The Bertz CT molecular complexity index is 636. The lowest BCUT2D eigenvalue weighted by atomic mass is 9.88. The summed E-state index contributed by atoms with van der Waals surface area (Å²) in [5.41, 5.74) is 0. The average Bonchev–Trinajstić information content (AvgIpc) is 2.97. The van der Waals surface area contributed by atoms with Crippen LogP contribution in [0, 0.1) is 0 Å². The van der Waals surface area contributed by atoms with Crippen molar-refractivity contribution in [3.05, 3.63) is 28.2 Å². The minimum Gasteiger partial charge on any atom is -0.484 e. The Balaban J connectivity index is 0.00000280. The van der Waals surface area contributed by atoms with Crippen LogP contribution in [-0.2, 0) is 4.79 Å². The van der Waals surface area contributed by atoms with Crippen LogP contribution in [0.3, 0.4) is 0 Å². The van der Waals surface area contributed by atoms with Gasteiger partial charge >= 0.3 is 0 Å². The first-order valence-corrected chi connectivity index (χ1v) is 10.9. The first-order chi connectivity index (χ1) is 13.1. The van der Waals surface area contributed by atoms with Gasteiger partial charge in [0.1, 0.15) is 5.75 Å². The van der Waals surface area contributed by atoms with Crippen molar-refractivity contribution in [3.63, 3.8) is 0 Å². The first kappa shape index (κ1) is 23.6. The van der Waals surface area contributed by atoms with Crippen molar-refractivity contribution in [1.82, 2.24) is 9.80 Å². The molecule has 0 bridgehead atoms. The van der Waals surface area contributed by atoms with Crippen molar-refractivity contribution >= 4 is 41.5 Å². The molecule has 2 atom stereocenters. The zero-order valence-electron chi connectivity index (χ0n) is 16.5. The van der Waals surface area contributed by atoms with Crippen molar-refractivity contribution < 1.29 is 9.53 Å². The van der Waals surface area contributed by atoms with E-state index in [1.165, 1.54) is 58.0 Å². The number of carbonyl (C=O) groups excluding carboxylic acids is 1. The molecule has 1 aromatic rings. The number of halogens is 3. The maximum atomic E-state index is 12.8. The fourth-order valence-corrected chi connectivity index (χ4v) is 4.68. The predicted octanol–water partition coefficient (Wildman–Crippen LogP) is 5.44. The molecule has 1 amide bonds. The Labute approximate surface area is 184 Å². The average molecular weight is 450 g/mol. The molecule has 7 heteroatoms. The second-order valence-electron chi connectivity index (χ2n) is 7.74. The van der Waals surface area contributed by atoms with Crippen LogP contribution in [0.2, 0.25) is 10.0 Å². The molecule has 2 aliphatic rings. The van der Waals surface area contributed by atoms with Crippen LogP contribution in [0.4, 0.5) is 0 Å². The van der Waals surface area contributed by atoms with E-state index in [0.717, 1.165) is 6.42 Å². The molecular formula is C21H31Cl3N2O2. The van der Waals surface area contributed by atoms with Gasteiger partial charge in [0.15, 0.2) is 6.61 Å². The zero-order chi connectivity index (χ0) is 19.2. The molecule has 28 heavy (non-hydrogen) atoms. The second kappa shape index (κ2) is 11.5.